The molecule has 0 radical (unpaired) electrons. The molecule has 0 unspecified atom stereocenters. The molecule has 1 saturated carbocycles. The quantitative estimate of drug-likeness (QED) is 0.834. The molecule has 0 aliphatic heterocycles. The third-order valence-electron chi connectivity index (χ3n) is 4.45. The molecule has 0 heterocycles. The second-order valence-electron chi connectivity index (χ2n) is 6.22. The summed E-state index contributed by atoms with van der Waals surface area (Å²) in [5, 5.41) is 2.98. The van der Waals surface area contributed by atoms with Gasteiger partial charge in [-0.05, 0) is 44.0 Å². The minimum atomic E-state index is -0.0360. The van der Waals surface area contributed by atoms with Gasteiger partial charge in [0.05, 0.1) is 6.61 Å². The third kappa shape index (κ3) is 5.25. The highest BCUT2D eigenvalue weighted by atomic mass is 16.5. The number of amides is 2. The van der Waals surface area contributed by atoms with Crippen molar-refractivity contribution in [3.8, 4) is 5.75 Å². The lowest BCUT2D eigenvalue weighted by Gasteiger charge is -2.24. The molecule has 1 aliphatic rings. The zero-order valence-corrected chi connectivity index (χ0v) is 14.7. The molecule has 5 nitrogen and oxygen atoms in total. The Balaban J connectivity index is 1.86. The average Bonchev–Trinajstić information content (AvgIpc) is 2.60. The van der Waals surface area contributed by atoms with Crippen LogP contribution in [0.2, 0.25) is 0 Å². The number of nitrogens with one attached hydrogen (secondary N) is 1. The van der Waals surface area contributed by atoms with Crippen LogP contribution < -0.4 is 15.0 Å². The van der Waals surface area contributed by atoms with E-state index in [9.17, 15) is 9.59 Å². The minimum Gasteiger partial charge on any atom is -0.494 e. The molecule has 1 N–H and O–H groups in total. The molecule has 5 heteroatoms. The van der Waals surface area contributed by atoms with Crippen molar-refractivity contribution < 1.29 is 14.3 Å². The van der Waals surface area contributed by atoms with Gasteiger partial charge in [0.25, 0.3) is 0 Å². The van der Waals surface area contributed by atoms with Gasteiger partial charge in [0, 0.05) is 31.6 Å². The Morgan fingerprint density at radius 2 is 1.83 bits per heavy atom. The first kappa shape index (κ1) is 18.3. The highest BCUT2D eigenvalue weighted by Gasteiger charge is 2.21. The van der Waals surface area contributed by atoms with Crippen molar-refractivity contribution in [3.05, 3.63) is 24.3 Å². The van der Waals surface area contributed by atoms with E-state index in [-0.39, 0.29) is 17.7 Å². The van der Waals surface area contributed by atoms with Crippen LogP contribution in [0.15, 0.2) is 24.3 Å². The molecule has 24 heavy (non-hydrogen) atoms. The molecule has 0 atom stereocenters. The zero-order chi connectivity index (χ0) is 17.4. The topological polar surface area (TPSA) is 58.6 Å². The fourth-order valence-electron chi connectivity index (χ4n) is 3.16. The Morgan fingerprint density at radius 3 is 2.42 bits per heavy atom. The molecule has 1 aromatic carbocycles. The molecule has 2 amide bonds. The number of hydrogen-bond donors (Lipinski definition) is 1. The molecule has 2 rings (SSSR count). The van der Waals surface area contributed by atoms with Crippen LogP contribution in [0.4, 0.5) is 5.69 Å². The van der Waals surface area contributed by atoms with Gasteiger partial charge < -0.3 is 15.0 Å². The lowest BCUT2D eigenvalue weighted by Crippen LogP contribution is -2.40. The van der Waals surface area contributed by atoms with Gasteiger partial charge in [0.2, 0.25) is 11.8 Å². The summed E-state index contributed by atoms with van der Waals surface area (Å²) in [6.45, 7) is 5.04. The second kappa shape index (κ2) is 9.30. The lowest BCUT2D eigenvalue weighted by molar-refractivity contribution is -0.126. The van der Waals surface area contributed by atoms with E-state index in [0.29, 0.717) is 19.7 Å². The average molecular weight is 332 g/mol. The van der Waals surface area contributed by atoms with E-state index in [2.05, 4.69) is 5.32 Å². The number of anilines is 1. The highest BCUT2D eigenvalue weighted by Crippen LogP contribution is 2.23. The van der Waals surface area contributed by atoms with Gasteiger partial charge in [-0.3, -0.25) is 9.59 Å². The highest BCUT2D eigenvalue weighted by molar-refractivity contribution is 5.91. The summed E-state index contributed by atoms with van der Waals surface area (Å²) in [4.78, 5) is 25.8. The first-order chi connectivity index (χ1) is 11.6. The molecule has 0 aromatic heterocycles. The van der Waals surface area contributed by atoms with Gasteiger partial charge in [-0.15, -0.1) is 0 Å². The Hall–Kier alpha value is -2.04. The van der Waals surface area contributed by atoms with E-state index in [4.69, 9.17) is 4.74 Å². The van der Waals surface area contributed by atoms with E-state index < -0.39 is 0 Å². The number of hydrogen-bond acceptors (Lipinski definition) is 3. The molecule has 0 saturated heterocycles. The zero-order valence-electron chi connectivity index (χ0n) is 14.7. The van der Waals surface area contributed by atoms with Crippen LogP contribution in [0.3, 0.4) is 0 Å². The minimum absolute atomic E-state index is 0.0360. The Bertz CT molecular complexity index is 536. The molecule has 0 spiro atoms. The Morgan fingerprint density at radius 1 is 1.17 bits per heavy atom. The van der Waals surface area contributed by atoms with E-state index >= 15 is 0 Å². The predicted octanol–water partition coefficient (Wildman–Crippen LogP) is 3.13. The van der Waals surface area contributed by atoms with Crippen LogP contribution in [0.5, 0.6) is 5.75 Å². The standard InChI is InChI=1S/C19H28N2O3/c1-3-24-18-11-9-17(10-12-18)21(15(2)22)14-13-20-19(23)16-7-5-4-6-8-16/h9-12,16H,3-8,13-14H2,1-2H3,(H,20,23). The van der Waals surface area contributed by atoms with Crippen molar-refractivity contribution in [2.75, 3.05) is 24.6 Å². The Labute approximate surface area is 144 Å². The number of carbonyl (C=O) groups excluding carboxylic acids is 2. The smallest absolute Gasteiger partial charge is 0.223 e. The summed E-state index contributed by atoms with van der Waals surface area (Å²) in [6.07, 6.45) is 5.50. The van der Waals surface area contributed by atoms with Crippen LogP contribution >= 0.6 is 0 Å². The summed E-state index contributed by atoms with van der Waals surface area (Å²) in [5.74, 6) is 1.03. The van der Waals surface area contributed by atoms with Crippen LogP contribution in [-0.2, 0) is 9.59 Å². The van der Waals surface area contributed by atoms with Crippen molar-refractivity contribution in [1.29, 1.82) is 0 Å². The summed E-state index contributed by atoms with van der Waals surface area (Å²) in [7, 11) is 0. The molecular weight excluding hydrogens is 304 g/mol. The number of benzene rings is 1. The maximum absolute atomic E-state index is 12.2. The van der Waals surface area contributed by atoms with E-state index in [1.807, 2.05) is 31.2 Å². The van der Waals surface area contributed by atoms with E-state index in [1.54, 1.807) is 11.8 Å². The summed E-state index contributed by atoms with van der Waals surface area (Å²) >= 11 is 0. The monoisotopic (exact) mass is 332 g/mol. The summed E-state index contributed by atoms with van der Waals surface area (Å²) in [5.41, 5.74) is 0.817. The predicted molar refractivity (Wildman–Crippen MR) is 95.2 cm³/mol. The van der Waals surface area contributed by atoms with Crippen LogP contribution in [0.1, 0.15) is 46.0 Å². The largest absolute Gasteiger partial charge is 0.494 e. The normalized spacial score (nSPS) is 14.9. The van der Waals surface area contributed by atoms with Crippen LogP contribution in [0, 0.1) is 5.92 Å². The van der Waals surface area contributed by atoms with Gasteiger partial charge in [-0.25, -0.2) is 0 Å². The second-order valence-corrected chi connectivity index (χ2v) is 6.22. The van der Waals surface area contributed by atoms with E-state index in [0.717, 1.165) is 37.1 Å². The maximum Gasteiger partial charge on any atom is 0.223 e. The SMILES string of the molecule is CCOc1ccc(N(CCNC(=O)C2CCCCC2)C(C)=O)cc1. The van der Waals surface area contributed by atoms with Gasteiger partial charge in [-0.1, -0.05) is 19.3 Å². The molecule has 1 aliphatic carbocycles. The van der Waals surface area contributed by atoms with Crippen molar-refractivity contribution in [2.45, 2.75) is 46.0 Å². The molecule has 132 valence electrons. The van der Waals surface area contributed by atoms with Gasteiger partial charge >= 0.3 is 0 Å². The van der Waals surface area contributed by atoms with Crippen molar-refractivity contribution in [1.82, 2.24) is 5.32 Å². The maximum atomic E-state index is 12.2. The molecule has 0 bridgehead atoms. The summed E-state index contributed by atoms with van der Waals surface area (Å²) in [6, 6.07) is 7.45. The lowest BCUT2D eigenvalue weighted by atomic mass is 9.89. The van der Waals surface area contributed by atoms with Gasteiger partial charge in [-0.2, -0.15) is 0 Å². The molecular formula is C19H28N2O3. The van der Waals surface area contributed by atoms with Gasteiger partial charge in [0.15, 0.2) is 0 Å². The van der Waals surface area contributed by atoms with Crippen LogP contribution in [0.25, 0.3) is 0 Å². The van der Waals surface area contributed by atoms with Crippen molar-refractivity contribution >= 4 is 17.5 Å². The Kier molecular flexibility index (Phi) is 7.09. The van der Waals surface area contributed by atoms with Crippen molar-refractivity contribution in [3.63, 3.8) is 0 Å². The third-order valence-corrected chi connectivity index (χ3v) is 4.45. The van der Waals surface area contributed by atoms with Crippen molar-refractivity contribution in [2.24, 2.45) is 5.92 Å². The first-order valence-corrected chi connectivity index (χ1v) is 8.90. The van der Waals surface area contributed by atoms with Gasteiger partial charge in [0.1, 0.15) is 5.75 Å². The first-order valence-electron chi connectivity index (χ1n) is 8.90. The number of carbonyl (C=O) groups is 2. The number of rotatable bonds is 7. The number of nitrogens with zero attached hydrogens (tertiary/aromatic N) is 1. The van der Waals surface area contributed by atoms with Crippen LogP contribution in [-0.4, -0.2) is 31.5 Å². The fraction of sp³-hybridized carbons (Fsp3) is 0.579. The fourth-order valence-corrected chi connectivity index (χ4v) is 3.16. The van der Waals surface area contributed by atoms with E-state index in [1.165, 1.54) is 6.42 Å². The number of ether oxygens (including phenoxy) is 1. The molecule has 1 aromatic rings. The molecule has 1 fully saturated rings. The summed E-state index contributed by atoms with van der Waals surface area (Å²) < 4.78 is 5.42.